The van der Waals surface area contributed by atoms with Gasteiger partial charge in [0.05, 0.1) is 21.2 Å². The highest BCUT2D eigenvalue weighted by atomic mass is 35.5. The van der Waals surface area contributed by atoms with Gasteiger partial charge in [-0.15, -0.1) is 0 Å². The molecule has 1 aliphatic carbocycles. The molecule has 3 amide bonds. The molecule has 0 saturated heterocycles. The van der Waals surface area contributed by atoms with E-state index in [2.05, 4.69) is 19.2 Å². The fourth-order valence-electron chi connectivity index (χ4n) is 3.61. The number of nitrogens with one attached hydrogen (secondary N) is 1. The van der Waals surface area contributed by atoms with Gasteiger partial charge < -0.3 is 5.32 Å². The van der Waals surface area contributed by atoms with Crippen LogP contribution in [0.2, 0.25) is 10.0 Å². The monoisotopic (exact) mass is 382 g/mol. The molecular weight excluding hydrogens is 363 g/mol. The van der Waals surface area contributed by atoms with E-state index in [1.165, 1.54) is 12.1 Å². The summed E-state index contributed by atoms with van der Waals surface area (Å²) in [7, 11) is 0. The van der Waals surface area contributed by atoms with Crippen LogP contribution in [-0.2, 0) is 4.79 Å². The van der Waals surface area contributed by atoms with Crippen molar-refractivity contribution >= 4 is 40.9 Å². The smallest absolute Gasteiger partial charge is 0.262 e. The number of carbonyl (C=O) groups excluding carboxylic acids is 3. The van der Waals surface area contributed by atoms with E-state index in [1.807, 2.05) is 0 Å². The minimum absolute atomic E-state index is 0.0790. The highest BCUT2D eigenvalue weighted by Crippen LogP contribution is 2.32. The maximum atomic E-state index is 12.4. The van der Waals surface area contributed by atoms with Crippen molar-refractivity contribution in [1.29, 1.82) is 0 Å². The molecular formula is C18H20Cl2N2O3. The highest BCUT2D eigenvalue weighted by molar-refractivity contribution is 6.43. The molecule has 3 atom stereocenters. The highest BCUT2D eigenvalue weighted by Gasteiger charge is 2.38. The molecule has 1 aliphatic heterocycles. The Labute approximate surface area is 156 Å². The first-order chi connectivity index (χ1) is 11.8. The third-order valence-corrected chi connectivity index (χ3v) is 6.09. The van der Waals surface area contributed by atoms with Crippen LogP contribution in [0.1, 0.15) is 53.8 Å². The van der Waals surface area contributed by atoms with Gasteiger partial charge in [0.25, 0.3) is 11.8 Å². The lowest BCUT2D eigenvalue weighted by Crippen LogP contribution is -2.48. The Morgan fingerprint density at radius 2 is 1.68 bits per heavy atom. The van der Waals surface area contributed by atoms with Gasteiger partial charge in [0, 0.05) is 6.04 Å². The molecule has 1 aromatic rings. The molecule has 0 radical (unpaired) electrons. The van der Waals surface area contributed by atoms with Crippen LogP contribution in [0.4, 0.5) is 0 Å². The quantitative estimate of drug-likeness (QED) is 0.813. The molecule has 1 saturated carbocycles. The van der Waals surface area contributed by atoms with E-state index in [9.17, 15) is 14.4 Å². The summed E-state index contributed by atoms with van der Waals surface area (Å²) in [5.41, 5.74) is 0.374. The standard InChI is InChI=1S/C18H20Cl2N2O3/c1-9-4-3-5-15(10(9)2)21-16(23)8-22-17(24)11-6-13(19)14(20)7-12(11)18(22)25/h6-7,9-10,15H,3-5,8H2,1-2H3,(H,21,23). The Bertz CT molecular complexity index is 709. The maximum absolute atomic E-state index is 12.4. The summed E-state index contributed by atoms with van der Waals surface area (Å²) >= 11 is 11.8. The number of halogens is 2. The van der Waals surface area contributed by atoms with Crippen molar-refractivity contribution in [2.24, 2.45) is 11.8 Å². The summed E-state index contributed by atoms with van der Waals surface area (Å²) < 4.78 is 0. The van der Waals surface area contributed by atoms with E-state index >= 15 is 0 Å². The molecule has 1 N–H and O–H groups in total. The van der Waals surface area contributed by atoms with Crippen LogP contribution in [-0.4, -0.2) is 35.2 Å². The van der Waals surface area contributed by atoms with Gasteiger partial charge in [0.1, 0.15) is 6.54 Å². The van der Waals surface area contributed by atoms with Crippen molar-refractivity contribution in [2.45, 2.75) is 39.2 Å². The molecule has 25 heavy (non-hydrogen) atoms. The predicted octanol–water partition coefficient (Wildman–Crippen LogP) is 3.53. The Balaban J connectivity index is 1.70. The third-order valence-electron chi connectivity index (χ3n) is 5.37. The topological polar surface area (TPSA) is 66.5 Å². The first-order valence-corrected chi connectivity index (χ1v) is 9.19. The average molecular weight is 383 g/mol. The molecule has 5 nitrogen and oxygen atoms in total. The SMILES string of the molecule is CC1CCCC(NC(=O)CN2C(=O)c3cc(Cl)c(Cl)cc3C2=O)C1C. The van der Waals surface area contributed by atoms with Crippen molar-refractivity contribution < 1.29 is 14.4 Å². The Morgan fingerprint density at radius 3 is 2.24 bits per heavy atom. The van der Waals surface area contributed by atoms with Crippen LogP contribution in [0.3, 0.4) is 0 Å². The fourth-order valence-corrected chi connectivity index (χ4v) is 3.94. The summed E-state index contributed by atoms with van der Waals surface area (Å²) in [5.74, 6) is -0.435. The Kier molecular flexibility index (Phi) is 5.07. The number of imide groups is 1. The second-order valence-electron chi connectivity index (χ2n) is 6.95. The van der Waals surface area contributed by atoms with Gasteiger partial charge in [0.2, 0.25) is 5.91 Å². The maximum Gasteiger partial charge on any atom is 0.262 e. The number of nitrogens with zero attached hydrogens (tertiary/aromatic N) is 1. The zero-order chi connectivity index (χ0) is 18.3. The second kappa shape index (κ2) is 6.96. The minimum Gasteiger partial charge on any atom is -0.352 e. The molecule has 1 heterocycles. The molecule has 3 rings (SSSR count). The summed E-state index contributed by atoms with van der Waals surface area (Å²) in [6, 6.07) is 2.83. The zero-order valence-corrected chi connectivity index (χ0v) is 15.7. The van der Waals surface area contributed by atoms with E-state index in [4.69, 9.17) is 23.2 Å². The van der Waals surface area contributed by atoms with Crippen LogP contribution in [0, 0.1) is 11.8 Å². The molecule has 0 bridgehead atoms. The van der Waals surface area contributed by atoms with E-state index in [1.54, 1.807) is 0 Å². The third kappa shape index (κ3) is 3.40. The van der Waals surface area contributed by atoms with Gasteiger partial charge in [-0.2, -0.15) is 0 Å². The van der Waals surface area contributed by atoms with Crippen molar-refractivity contribution in [3.8, 4) is 0 Å². The summed E-state index contributed by atoms with van der Waals surface area (Å²) in [5, 5.41) is 3.39. The van der Waals surface area contributed by atoms with Gasteiger partial charge in [0.15, 0.2) is 0 Å². The van der Waals surface area contributed by atoms with Crippen LogP contribution in [0.25, 0.3) is 0 Å². The molecule has 3 unspecified atom stereocenters. The van der Waals surface area contributed by atoms with E-state index in [0.29, 0.717) is 11.8 Å². The van der Waals surface area contributed by atoms with Gasteiger partial charge >= 0.3 is 0 Å². The van der Waals surface area contributed by atoms with Crippen molar-refractivity contribution in [1.82, 2.24) is 10.2 Å². The summed E-state index contributed by atoms with van der Waals surface area (Å²) in [4.78, 5) is 38.2. The largest absolute Gasteiger partial charge is 0.352 e. The molecule has 1 aromatic carbocycles. The Morgan fingerprint density at radius 1 is 1.12 bits per heavy atom. The normalized spacial score (nSPS) is 25.9. The van der Waals surface area contributed by atoms with E-state index in [0.717, 1.165) is 24.2 Å². The average Bonchev–Trinajstić information content (AvgIpc) is 2.77. The zero-order valence-electron chi connectivity index (χ0n) is 14.1. The first kappa shape index (κ1) is 18.2. The lowest BCUT2D eigenvalue weighted by molar-refractivity contribution is -0.122. The number of hydrogen-bond donors (Lipinski definition) is 1. The van der Waals surface area contributed by atoms with Gasteiger partial charge in [-0.3, -0.25) is 19.3 Å². The van der Waals surface area contributed by atoms with Gasteiger partial charge in [-0.05, 0) is 30.4 Å². The predicted molar refractivity (Wildman–Crippen MR) is 95.9 cm³/mol. The second-order valence-corrected chi connectivity index (χ2v) is 7.76. The molecule has 1 fully saturated rings. The first-order valence-electron chi connectivity index (χ1n) is 8.44. The molecule has 0 spiro atoms. The number of fused-ring (bicyclic) bond motifs is 1. The molecule has 0 aromatic heterocycles. The van der Waals surface area contributed by atoms with Crippen LogP contribution >= 0.6 is 23.2 Å². The van der Waals surface area contributed by atoms with E-state index in [-0.39, 0.29) is 39.7 Å². The van der Waals surface area contributed by atoms with Crippen molar-refractivity contribution in [3.63, 3.8) is 0 Å². The van der Waals surface area contributed by atoms with Crippen LogP contribution in [0.15, 0.2) is 12.1 Å². The number of amides is 3. The molecule has 134 valence electrons. The lowest BCUT2D eigenvalue weighted by atomic mass is 9.78. The van der Waals surface area contributed by atoms with Crippen molar-refractivity contribution in [3.05, 3.63) is 33.3 Å². The number of rotatable bonds is 3. The van der Waals surface area contributed by atoms with Gasteiger partial charge in [-0.1, -0.05) is 49.9 Å². The minimum atomic E-state index is -0.515. The summed E-state index contributed by atoms with van der Waals surface area (Å²) in [6.45, 7) is 4.01. The Hall–Kier alpha value is -1.59. The van der Waals surface area contributed by atoms with E-state index < -0.39 is 11.8 Å². The fraction of sp³-hybridized carbons (Fsp3) is 0.500. The number of carbonyl (C=O) groups is 3. The van der Waals surface area contributed by atoms with Gasteiger partial charge in [-0.25, -0.2) is 0 Å². The molecule has 7 heteroatoms. The molecule has 2 aliphatic rings. The van der Waals surface area contributed by atoms with Crippen LogP contribution in [0.5, 0.6) is 0 Å². The lowest BCUT2D eigenvalue weighted by Gasteiger charge is -2.34. The number of benzene rings is 1. The van der Waals surface area contributed by atoms with Crippen molar-refractivity contribution in [2.75, 3.05) is 6.54 Å². The summed E-state index contributed by atoms with van der Waals surface area (Å²) in [6.07, 6.45) is 3.15. The number of hydrogen-bond acceptors (Lipinski definition) is 3. The van der Waals surface area contributed by atoms with Crippen LogP contribution < -0.4 is 5.32 Å².